The molecule has 3 rings (SSSR count). The van der Waals surface area contributed by atoms with Gasteiger partial charge in [0.15, 0.2) is 5.75 Å². The Hall–Kier alpha value is -1.57. The number of benzene rings is 3. The Bertz CT molecular complexity index is 1050. The van der Waals surface area contributed by atoms with Crippen molar-refractivity contribution in [1.29, 1.82) is 0 Å². The summed E-state index contributed by atoms with van der Waals surface area (Å²) in [6.07, 6.45) is 0.788. The van der Waals surface area contributed by atoms with E-state index in [4.69, 9.17) is 21.3 Å². The van der Waals surface area contributed by atoms with E-state index in [-0.39, 0.29) is 29.2 Å². The van der Waals surface area contributed by atoms with Gasteiger partial charge >= 0.3 is 5.97 Å². The first-order chi connectivity index (χ1) is 14.2. The Morgan fingerprint density at radius 1 is 1.00 bits per heavy atom. The van der Waals surface area contributed by atoms with Crippen molar-refractivity contribution in [3.05, 3.63) is 78.4 Å². The lowest BCUT2D eigenvalue weighted by Gasteiger charge is -2.14. The second-order valence-electron chi connectivity index (χ2n) is 6.85. The van der Waals surface area contributed by atoms with Crippen molar-refractivity contribution in [2.24, 2.45) is 5.73 Å². The standard InChI is InChI=1S/C22H20I2N2O4.BrH/c23-17-8-13(10-19(26)22(28)29)9-18(24)21(17)30-16-5-6-20(27)14(11-16)7-12-1-3-15(25)4-2-12;/h1-6,8-9,11,19,27H,7,10,25-26H2,(H,28,29);1H/t19-;/m0./s1. The maximum absolute atomic E-state index is 11.0. The first kappa shape index (κ1) is 25.7. The van der Waals surface area contributed by atoms with Crippen LogP contribution >= 0.6 is 62.2 Å². The van der Waals surface area contributed by atoms with Crippen LogP contribution in [0.2, 0.25) is 0 Å². The number of hydrogen-bond donors (Lipinski definition) is 4. The molecule has 3 aromatic carbocycles. The van der Waals surface area contributed by atoms with Gasteiger partial charge < -0.3 is 26.4 Å². The molecule has 6 N–H and O–H groups in total. The maximum atomic E-state index is 11.0. The molecule has 0 aliphatic rings. The number of anilines is 1. The molecule has 0 spiro atoms. The Morgan fingerprint density at radius 2 is 1.61 bits per heavy atom. The smallest absolute Gasteiger partial charge is 0.320 e. The molecule has 0 aliphatic carbocycles. The highest BCUT2D eigenvalue weighted by molar-refractivity contribution is 14.1. The van der Waals surface area contributed by atoms with Gasteiger partial charge in [0.25, 0.3) is 0 Å². The highest BCUT2D eigenvalue weighted by atomic mass is 127. The van der Waals surface area contributed by atoms with Crippen LogP contribution in [0.5, 0.6) is 17.2 Å². The second-order valence-corrected chi connectivity index (χ2v) is 9.17. The number of halogens is 3. The first-order valence-corrected chi connectivity index (χ1v) is 11.2. The van der Waals surface area contributed by atoms with Crippen LogP contribution < -0.4 is 16.2 Å². The zero-order chi connectivity index (χ0) is 21.8. The number of aromatic hydroxyl groups is 1. The SMILES string of the molecule is Br.Nc1ccc(Cc2cc(Oc3c(I)cc(C[C@H](N)C(=O)O)cc3I)ccc2O)cc1. The highest BCUT2D eigenvalue weighted by Gasteiger charge is 2.16. The molecule has 0 aromatic heterocycles. The molecule has 6 nitrogen and oxygen atoms in total. The summed E-state index contributed by atoms with van der Waals surface area (Å²) >= 11 is 4.32. The number of phenolic OH excluding ortho intramolecular Hbond substituents is 1. The fourth-order valence-electron chi connectivity index (χ4n) is 2.91. The quantitative estimate of drug-likeness (QED) is 0.200. The monoisotopic (exact) mass is 710 g/mol. The van der Waals surface area contributed by atoms with Crippen LogP contribution in [0.1, 0.15) is 16.7 Å². The highest BCUT2D eigenvalue weighted by Crippen LogP contribution is 2.35. The van der Waals surface area contributed by atoms with Crippen LogP contribution in [0.4, 0.5) is 5.69 Å². The molecule has 0 heterocycles. The lowest BCUT2D eigenvalue weighted by atomic mass is 10.0. The maximum Gasteiger partial charge on any atom is 0.320 e. The molecule has 0 radical (unpaired) electrons. The minimum Gasteiger partial charge on any atom is -0.508 e. The molecule has 1 atom stereocenters. The average Bonchev–Trinajstić information content (AvgIpc) is 2.68. The predicted molar refractivity (Wildman–Crippen MR) is 143 cm³/mol. The van der Waals surface area contributed by atoms with Crippen LogP contribution in [0.15, 0.2) is 54.6 Å². The molecule has 0 saturated carbocycles. The molecule has 0 unspecified atom stereocenters. The Kier molecular flexibility index (Phi) is 9.40. The van der Waals surface area contributed by atoms with E-state index in [0.29, 0.717) is 23.6 Å². The van der Waals surface area contributed by atoms with Gasteiger partial charge in [0, 0.05) is 17.7 Å². The Morgan fingerprint density at radius 3 is 2.19 bits per heavy atom. The lowest BCUT2D eigenvalue weighted by Crippen LogP contribution is -2.32. The molecule has 0 aliphatic heterocycles. The van der Waals surface area contributed by atoms with Crippen LogP contribution in [0.25, 0.3) is 0 Å². The summed E-state index contributed by atoms with van der Waals surface area (Å²) < 4.78 is 7.80. The minimum atomic E-state index is -1.03. The summed E-state index contributed by atoms with van der Waals surface area (Å²) in [5, 5.41) is 19.3. The third kappa shape index (κ3) is 6.96. The van der Waals surface area contributed by atoms with Crippen molar-refractivity contribution in [3.8, 4) is 17.2 Å². The van der Waals surface area contributed by atoms with Crippen molar-refractivity contribution in [1.82, 2.24) is 0 Å². The van der Waals surface area contributed by atoms with Gasteiger partial charge in [-0.25, -0.2) is 0 Å². The molecule has 0 fully saturated rings. The van der Waals surface area contributed by atoms with E-state index in [0.717, 1.165) is 23.8 Å². The molecule has 0 bridgehead atoms. The van der Waals surface area contributed by atoms with Gasteiger partial charge in [-0.1, -0.05) is 12.1 Å². The number of rotatable bonds is 7. The molecule has 9 heteroatoms. The third-order valence-electron chi connectivity index (χ3n) is 4.48. The van der Waals surface area contributed by atoms with Crippen molar-refractivity contribution in [2.45, 2.75) is 18.9 Å². The number of carboxylic acids is 1. The fourth-order valence-corrected chi connectivity index (χ4v) is 5.03. The number of carboxylic acid groups (broad SMARTS) is 1. The number of nitrogen functional groups attached to an aromatic ring is 1. The van der Waals surface area contributed by atoms with Gasteiger partial charge in [0.2, 0.25) is 0 Å². The van der Waals surface area contributed by atoms with Gasteiger partial charge in [0.1, 0.15) is 17.5 Å². The van der Waals surface area contributed by atoms with Gasteiger partial charge in [-0.2, -0.15) is 0 Å². The van der Waals surface area contributed by atoms with Gasteiger partial charge in [-0.05, 0) is 105 Å². The number of phenols is 1. The van der Waals surface area contributed by atoms with Gasteiger partial charge in [-0.3, -0.25) is 4.79 Å². The van der Waals surface area contributed by atoms with Crippen molar-refractivity contribution in [3.63, 3.8) is 0 Å². The van der Waals surface area contributed by atoms with Crippen LogP contribution in [-0.4, -0.2) is 22.2 Å². The van der Waals surface area contributed by atoms with E-state index >= 15 is 0 Å². The van der Waals surface area contributed by atoms with Crippen LogP contribution in [-0.2, 0) is 17.6 Å². The zero-order valence-corrected chi connectivity index (χ0v) is 22.2. The van der Waals surface area contributed by atoms with E-state index in [9.17, 15) is 9.90 Å². The van der Waals surface area contributed by atoms with Crippen molar-refractivity contribution in [2.75, 3.05) is 5.73 Å². The summed E-state index contributed by atoms with van der Waals surface area (Å²) in [5.74, 6) is 0.441. The Balaban J connectivity index is 0.00000341. The molecule has 31 heavy (non-hydrogen) atoms. The number of carbonyl (C=O) groups is 1. The first-order valence-electron chi connectivity index (χ1n) is 9.03. The number of ether oxygens (including phenoxy) is 1. The second kappa shape index (κ2) is 11.3. The van der Waals surface area contributed by atoms with E-state index in [2.05, 4.69) is 45.2 Å². The summed E-state index contributed by atoms with van der Waals surface area (Å²) in [6, 6.07) is 15.4. The average molecular weight is 711 g/mol. The van der Waals surface area contributed by atoms with E-state index in [1.54, 1.807) is 12.1 Å². The lowest BCUT2D eigenvalue weighted by molar-refractivity contribution is -0.138. The van der Waals surface area contributed by atoms with E-state index in [1.165, 1.54) is 0 Å². The topological polar surface area (TPSA) is 119 Å². The number of aliphatic carboxylic acids is 1. The number of nitrogens with two attached hydrogens (primary N) is 2. The zero-order valence-electron chi connectivity index (χ0n) is 16.2. The molecule has 0 amide bonds. The van der Waals surface area contributed by atoms with E-state index in [1.807, 2.05) is 42.5 Å². The van der Waals surface area contributed by atoms with E-state index < -0.39 is 12.0 Å². The minimum absolute atomic E-state index is 0. The molecular formula is C22H21BrI2N2O4. The summed E-state index contributed by atoms with van der Waals surface area (Å²) in [6.45, 7) is 0. The van der Waals surface area contributed by atoms with Crippen molar-refractivity contribution >= 4 is 73.8 Å². The van der Waals surface area contributed by atoms with Crippen molar-refractivity contribution < 1.29 is 19.7 Å². The molecule has 164 valence electrons. The van der Waals surface area contributed by atoms with Crippen LogP contribution in [0.3, 0.4) is 0 Å². The van der Waals surface area contributed by atoms with Crippen LogP contribution in [0, 0.1) is 7.14 Å². The van der Waals surface area contributed by atoms with Gasteiger partial charge in [0.05, 0.1) is 7.14 Å². The third-order valence-corrected chi connectivity index (χ3v) is 6.08. The normalized spacial score (nSPS) is 11.5. The van der Waals surface area contributed by atoms with Gasteiger partial charge in [-0.15, -0.1) is 17.0 Å². The Labute approximate surface area is 218 Å². The largest absolute Gasteiger partial charge is 0.508 e. The summed E-state index contributed by atoms with van der Waals surface area (Å²) in [5.41, 5.74) is 14.7. The molecular weight excluding hydrogens is 690 g/mol. The summed E-state index contributed by atoms with van der Waals surface area (Å²) in [4.78, 5) is 11.0. The predicted octanol–water partition coefficient (Wildman–Crippen LogP) is 5.10. The fraction of sp³-hybridized carbons (Fsp3) is 0.136. The number of hydrogen-bond acceptors (Lipinski definition) is 5. The summed E-state index contributed by atoms with van der Waals surface area (Å²) in [7, 11) is 0. The molecule has 3 aromatic rings. The molecule has 0 saturated heterocycles.